The summed E-state index contributed by atoms with van der Waals surface area (Å²) >= 11 is 0. The fourth-order valence-electron chi connectivity index (χ4n) is 1.55. The van der Waals surface area contributed by atoms with Gasteiger partial charge in [0, 0.05) is 13.1 Å². The molecule has 1 aromatic rings. The Labute approximate surface area is 134 Å². The van der Waals surface area contributed by atoms with Crippen molar-refractivity contribution >= 4 is 20.4 Å². The van der Waals surface area contributed by atoms with E-state index < -0.39 is 8.32 Å². The molecule has 1 rings (SSSR count). The Morgan fingerprint density at radius 2 is 2.05 bits per heavy atom. The Morgan fingerprint density at radius 3 is 2.59 bits per heavy atom. The van der Waals surface area contributed by atoms with Gasteiger partial charge in [-0.3, -0.25) is 0 Å². The van der Waals surface area contributed by atoms with Crippen LogP contribution in [0.3, 0.4) is 0 Å². The highest BCUT2D eigenvalue weighted by Crippen LogP contribution is 2.37. The molecule has 0 amide bonds. The first kappa shape index (κ1) is 18.6. The number of carbonyl (C=O) groups excluding carboxylic acids is 1. The third-order valence-corrected chi connectivity index (χ3v) is 8.64. The Morgan fingerprint density at radius 1 is 1.41 bits per heavy atom. The normalized spacial score (nSPS) is 12.9. The van der Waals surface area contributed by atoms with Crippen LogP contribution in [0, 0.1) is 0 Å². The molecule has 0 saturated carbocycles. The SMILES string of the molecule is CCOC(=O)/C=C/c1ncc(CO[Si](C)(C)C(C)(C)C)n1C. The van der Waals surface area contributed by atoms with Crippen LogP contribution in [-0.4, -0.2) is 30.4 Å². The van der Waals surface area contributed by atoms with Crippen molar-refractivity contribution in [3.63, 3.8) is 0 Å². The second kappa shape index (κ2) is 7.24. The first-order valence-electron chi connectivity index (χ1n) is 7.58. The number of esters is 1. The van der Waals surface area contributed by atoms with E-state index in [0.29, 0.717) is 19.0 Å². The molecule has 0 unspecified atom stereocenters. The van der Waals surface area contributed by atoms with Crippen molar-refractivity contribution in [3.8, 4) is 0 Å². The topological polar surface area (TPSA) is 53.4 Å². The molecule has 0 spiro atoms. The van der Waals surface area contributed by atoms with E-state index in [4.69, 9.17) is 9.16 Å². The molecule has 0 aliphatic heterocycles. The van der Waals surface area contributed by atoms with Gasteiger partial charge in [0.15, 0.2) is 8.32 Å². The number of hydrogen-bond acceptors (Lipinski definition) is 4. The minimum Gasteiger partial charge on any atom is -0.463 e. The molecule has 124 valence electrons. The lowest BCUT2D eigenvalue weighted by molar-refractivity contribution is -0.137. The molecule has 1 aromatic heterocycles. The van der Waals surface area contributed by atoms with Gasteiger partial charge in [0.2, 0.25) is 0 Å². The zero-order valence-electron chi connectivity index (χ0n) is 14.8. The van der Waals surface area contributed by atoms with Crippen LogP contribution in [0.15, 0.2) is 12.3 Å². The number of ether oxygens (including phenoxy) is 1. The van der Waals surface area contributed by atoms with Gasteiger partial charge in [-0.25, -0.2) is 9.78 Å². The summed E-state index contributed by atoms with van der Waals surface area (Å²) in [6.45, 7) is 13.8. The third-order valence-electron chi connectivity index (χ3n) is 4.16. The molecule has 22 heavy (non-hydrogen) atoms. The molecule has 0 fully saturated rings. The van der Waals surface area contributed by atoms with Gasteiger partial charge in [-0.05, 0) is 31.1 Å². The van der Waals surface area contributed by atoms with Crippen LogP contribution in [0.4, 0.5) is 0 Å². The summed E-state index contributed by atoms with van der Waals surface area (Å²) in [5.74, 6) is 0.353. The van der Waals surface area contributed by atoms with Crippen LogP contribution in [-0.2, 0) is 27.6 Å². The first-order valence-corrected chi connectivity index (χ1v) is 10.5. The number of nitrogens with zero attached hydrogens (tertiary/aromatic N) is 2. The van der Waals surface area contributed by atoms with Gasteiger partial charge in [-0.2, -0.15) is 0 Å². The monoisotopic (exact) mass is 324 g/mol. The third kappa shape index (κ3) is 4.81. The smallest absolute Gasteiger partial charge is 0.330 e. The van der Waals surface area contributed by atoms with Crippen molar-refractivity contribution in [2.24, 2.45) is 7.05 Å². The van der Waals surface area contributed by atoms with Gasteiger partial charge < -0.3 is 13.7 Å². The second-order valence-corrected chi connectivity index (χ2v) is 11.6. The summed E-state index contributed by atoms with van der Waals surface area (Å²) in [7, 11) is 0.137. The van der Waals surface area contributed by atoms with Crippen LogP contribution in [0.5, 0.6) is 0 Å². The highest BCUT2D eigenvalue weighted by Gasteiger charge is 2.37. The summed E-state index contributed by atoms with van der Waals surface area (Å²) in [5.41, 5.74) is 0.994. The molecular formula is C16H28N2O3Si. The number of aromatic nitrogens is 2. The fourth-order valence-corrected chi connectivity index (χ4v) is 2.50. The summed E-state index contributed by atoms with van der Waals surface area (Å²) in [5, 5.41) is 0.179. The maximum Gasteiger partial charge on any atom is 0.330 e. The van der Waals surface area contributed by atoms with Crippen molar-refractivity contribution in [2.75, 3.05) is 6.61 Å². The molecule has 0 bridgehead atoms. The number of hydrogen-bond donors (Lipinski definition) is 0. The van der Waals surface area contributed by atoms with E-state index in [1.165, 1.54) is 6.08 Å². The molecule has 6 heteroatoms. The standard InChI is InChI=1S/C16H28N2O3Si/c1-8-20-15(19)10-9-14-17-11-13(18(14)5)12-21-22(6,7)16(2,3)4/h9-11H,8,12H2,1-7H3/b10-9+. The van der Waals surface area contributed by atoms with Gasteiger partial charge in [0.25, 0.3) is 0 Å². The van der Waals surface area contributed by atoms with E-state index in [1.54, 1.807) is 19.2 Å². The largest absolute Gasteiger partial charge is 0.463 e. The van der Waals surface area contributed by atoms with Gasteiger partial charge in [0.05, 0.1) is 25.1 Å². The second-order valence-electron chi connectivity index (χ2n) is 6.80. The van der Waals surface area contributed by atoms with E-state index in [0.717, 1.165) is 5.69 Å². The average Bonchev–Trinajstić information content (AvgIpc) is 2.74. The van der Waals surface area contributed by atoms with Gasteiger partial charge in [-0.1, -0.05) is 20.8 Å². The Hall–Kier alpha value is -1.40. The van der Waals surface area contributed by atoms with E-state index in [1.807, 2.05) is 11.6 Å². The van der Waals surface area contributed by atoms with Crippen LogP contribution in [0.2, 0.25) is 18.1 Å². The zero-order valence-corrected chi connectivity index (χ0v) is 15.8. The number of imidazole rings is 1. The van der Waals surface area contributed by atoms with Crippen LogP contribution in [0.25, 0.3) is 6.08 Å². The summed E-state index contributed by atoms with van der Waals surface area (Å²) in [6.07, 6.45) is 4.84. The molecule has 1 heterocycles. The minimum atomic E-state index is -1.78. The zero-order chi connectivity index (χ0) is 17.0. The van der Waals surface area contributed by atoms with E-state index in [2.05, 4.69) is 38.8 Å². The van der Waals surface area contributed by atoms with Crippen molar-refractivity contribution in [1.29, 1.82) is 0 Å². The lowest BCUT2D eigenvalue weighted by Gasteiger charge is -2.36. The fraction of sp³-hybridized carbons (Fsp3) is 0.625. The van der Waals surface area contributed by atoms with Gasteiger partial charge in [0.1, 0.15) is 5.82 Å². The first-order chi connectivity index (χ1) is 10.1. The van der Waals surface area contributed by atoms with Gasteiger partial charge >= 0.3 is 5.97 Å². The molecule has 0 aliphatic rings. The molecule has 0 aromatic carbocycles. The Bertz CT molecular complexity index is 542. The molecule has 0 aliphatic carbocycles. The summed E-state index contributed by atoms with van der Waals surface area (Å²) < 4.78 is 13.0. The van der Waals surface area contributed by atoms with Crippen molar-refractivity contribution < 1.29 is 14.0 Å². The summed E-state index contributed by atoms with van der Waals surface area (Å²) in [6, 6.07) is 0. The maximum atomic E-state index is 11.3. The highest BCUT2D eigenvalue weighted by molar-refractivity contribution is 6.74. The number of carbonyl (C=O) groups is 1. The van der Waals surface area contributed by atoms with Crippen molar-refractivity contribution in [1.82, 2.24) is 9.55 Å². The molecular weight excluding hydrogens is 296 g/mol. The summed E-state index contributed by atoms with van der Waals surface area (Å²) in [4.78, 5) is 15.7. The van der Waals surface area contributed by atoms with E-state index >= 15 is 0 Å². The molecule has 0 saturated heterocycles. The minimum absolute atomic E-state index is 0.179. The predicted octanol–water partition coefficient (Wildman–Crippen LogP) is 3.52. The molecule has 0 atom stereocenters. The van der Waals surface area contributed by atoms with Gasteiger partial charge in [-0.15, -0.1) is 0 Å². The molecule has 0 radical (unpaired) electrons. The van der Waals surface area contributed by atoms with E-state index in [-0.39, 0.29) is 11.0 Å². The average molecular weight is 324 g/mol. The van der Waals surface area contributed by atoms with Crippen LogP contribution >= 0.6 is 0 Å². The lowest BCUT2D eigenvalue weighted by atomic mass is 10.2. The predicted molar refractivity (Wildman–Crippen MR) is 90.9 cm³/mol. The Kier molecular flexibility index (Phi) is 6.14. The van der Waals surface area contributed by atoms with E-state index in [9.17, 15) is 4.79 Å². The number of rotatable bonds is 6. The molecule has 5 nitrogen and oxygen atoms in total. The Balaban J connectivity index is 2.74. The van der Waals surface area contributed by atoms with Crippen LogP contribution in [0.1, 0.15) is 39.2 Å². The lowest BCUT2D eigenvalue weighted by Crippen LogP contribution is -2.40. The van der Waals surface area contributed by atoms with Crippen LogP contribution < -0.4 is 0 Å². The van der Waals surface area contributed by atoms with Crippen molar-refractivity contribution in [3.05, 3.63) is 23.8 Å². The highest BCUT2D eigenvalue weighted by atomic mass is 28.4. The van der Waals surface area contributed by atoms with Crippen molar-refractivity contribution in [2.45, 2.75) is 52.4 Å². The maximum absolute atomic E-state index is 11.3. The quantitative estimate of drug-likeness (QED) is 0.456. The molecule has 0 N–H and O–H groups in total.